The van der Waals surface area contributed by atoms with Gasteiger partial charge in [-0.15, -0.1) is 0 Å². The van der Waals surface area contributed by atoms with Crippen LogP contribution < -0.4 is 0 Å². The fourth-order valence-corrected chi connectivity index (χ4v) is 4.42. The molecule has 1 aliphatic heterocycles. The van der Waals surface area contributed by atoms with Crippen molar-refractivity contribution < 1.29 is 14.7 Å². The van der Waals surface area contributed by atoms with Gasteiger partial charge >= 0.3 is 0 Å². The zero-order chi connectivity index (χ0) is 22.5. The maximum absolute atomic E-state index is 13.0. The molecular weight excluding hydrogens is 456 g/mol. The van der Waals surface area contributed by atoms with Crippen LogP contribution in [0, 0.1) is 6.92 Å². The van der Waals surface area contributed by atoms with E-state index < -0.39 is 17.7 Å². The normalized spacial score (nSPS) is 18.2. The van der Waals surface area contributed by atoms with Crippen molar-refractivity contribution in [2.24, 2.45) is 0 Å². The molecule has 1 amide bonds. The van der Waals surface area contributed by atoms with Crippen LogP contribution in [-0.2, 0) is 9.59 Å². The van der Waals surface area contributed by atoms with Crippen LogP contribution in [0.2, 0.25) is 0 Å². The molecule has 0 aliphatic carbocycles. The molecule has 0 radical (unpaired) electrons. The molecule has 2 aromatic rings. The molecule has 0 aromatic heterocycles. The Balaban J connectivity index is 2.02. The van der Waals surface area contributed by atoms with Gasteiger partial charge in [0.25, 0.3) is 11.7 Å². The van der Waals surface area contributed by atoms with E-state index in [1.807, 2.05) is 43.3 Å². The highest BCUT2D eigenvalue weighted by Crippen LogP contribution is 2.40. The van der Waals surface area contributed by atoms with E-state index in [2.05, 4.69) is 34.7 Å². The number of Topliss-reactive ketones (excluding diaryl/α,β-unsaturated/α-hetero) is 1. The van der Waals surface area contributed by atoms with Crippen molar-refractivity contribution in [2.75, 3.05) is 26.2 Å². The van der Waals surface area contributed by atoms with E-state index in [9.17, 15) is 14.7 Å². The zero-order valence-electron chi connectivity index (χ0n) is 18.3. The minimum absolute atomic E-state index is 0.130. The number of hydrogen-bond acceptors (Lipinski definition) is 4. The summed E-state index contributed by atoms with van der Waals surface area (Å²) in [5, 5.41) is 11.1. The van der Waals surface area contributed by atoms with Gasteiger partial charge in [-0.2, -0.15) is 0 Å². The van der Waals surface area contributed by atoms with Gasteiger partial charge in [0.05, 0.1) is 11.6 Å². The van der Waals surface area contributed by atoms with Crippen LogP contribution in [0.3, 0.4) is 0 Å². The molecule has 1 unspecified atom stereocenters. The first kappa shape index (κ1) is 23.2. The first-order valence-corrected chi connectivity index (χ1v) is 11.5. The number of rotatable bonds is 8. The minimum atomic E-state index is -0.633. The van der Waals surface area contributed by atoms with Crippen molar-refractivity contribution >= 4 is 33.4 Å². The Hall–Kier alpha value is -2.44. The highest BCUT2D eigenvalue weighted by Gasteiger charge is 2.45. The van der Waals surface area contributed by atoms with Crippen LogP contribution in [0.25, 0.3) is 5.76 Å². The summed E-state index contributed by atoms with van der Waals surface area (Å²) in [6.07, 6.45) is 0.754. The number of hydrogen-bond donors (Lipinski definition) is 1. The lowest BCUT2D eigenvalue weighted by atomic mass is 9.95. The third-order valence-electron chi connectivity index (χ3n) is 5.80. The van der Waals surface area contributed by atoms with Crippen LogP contribution in [0.15, 0.2) is 58.6 Å². The van der Waals surface area contributed by atoms with Crippen molar-refractivity contribution in [2.45, 2.75) is 33.2 Å². The highest BCUT2D eigenvalue weighted by atomic mass is 79.9. The molecule has 164 valence electrons. The molecule has 2 aromatic carbocycles. The molecule has 1 heterocycles. The summed E-state index contributed by atoms with van der Waals surface area (Å²) in [6.45, 7) is 9.36. The Morgan fingerprint density at radius 2 is 1.77 bits per heavy atom. The van der Waals surface area contributed by atoms with Crippen LogP contribution in [-0.4, -0.2) is 52.8 Å². The Morgan fingerprint density at radius 1 is 1.10 bits per heavy atom. The van der Waals surface area contributed by atoms with Crippen molar-refractivity contribution in [1.82, 2.24) is 9.80 Å². The SMILES string of the molecule is CCN(CC)CCCN1C(=O)C(=O)C(=C(O)c2ccc(C)cc2)C1c1cccc(Br)c1. The van der Waals surface area contributed by atoms with E-state index in [1.165, 1.54) is 0 Å². The number of nitrogens with zero attached hydrogens (tertiary/aromatic N) is 2. The third kappa shape index (κ3) is 5.08. The van der Waals surface area contributed by atoms with Gasteiger partial charge in [0.15, 0.2) is 0 Å². The Bertz CT molecular complexity index is 981. The standard InChI is InChI=1S/C25H29BrN2O3/c1-4-27(5-2)14-7-15-28-22(19-8-6-9-20(26)16-19)21(24(30)25(28)31)23(29)18-12-10-17(3)11-13-18/h6,8-13,16,22,29H,4-5,7,14-15H2,1-3H3. The predicted octanol–water partition coefficient (Wildman–Crippen LogP) is 4.91. The lowest BCUT2D eigenvalue weighted by Crippen LogP contribution is -2.33. The highest BCUT2D eigenvalue weighted by molar-refractivity contribution is 9.10. The number of amides is 1. The fraction of sp³-hybridized carbons (Fsp3) is 0.360. The van der Waals surface area contributed by atoms with Crippen LogP contribution >= 0.6 is 15.9 Å². The first-order chi connectivity index (χ1) is 14.9. The van der Waals surface area contributed by atoms with E-state index in [0.717, 1.165) is 41.7 Å². The maximum Gasteiger partial charge on any atom is 0.295 e. The molecule has 1 atom stereocenters. The number of carbonyl (C=O) groups is 2. The summed E-state index contributed by atoms with van der Waals surface area (Å²) in [7, 11) is 0. The third-order valence-corrected chi connectivity index (χ3v) is 6.29. The van der Waals surface area contributed by atoms with Crippen molar-refractivity contribution in [1.29, 1.82) is 0 Å². The van der Waals surface area contributed by atoms with E-state index in [-0.39, 0.29) is 11.3 Å². The minimum Gasteiger partial charge on any atom is -0.507 e. The molecule has 31 heavy (non-hydrogen) atoms. The number of aryl methyl sites for hydroxylation is 1. The molecule has 1 aliphatic rings. The summed E-state index contributed by atoms with van der Waals surface area (Å²) >= 11 is 3.49. The van der Waals surface area contributed by atoms with Gasteiger partial charge in [0.2, 0.25) is 0 Å². The summed E-state index contributed by atoms with van der Waals surface area (Å²) in [5.74, 6) is -1.32. The number of likely N-dealkylation sites (tertiary alicyclic amines) is 1. The van der Waals surface area contributed by atoms with E-state index in [0.29, 0.717) is 12.1 Å². The molecule has 1 fully saturated rings. The second-order valence-electron chi connectivity index (χ2n) is 7.79. The fourth-order valence-electron chi connectivity index (χ4n) is 4.01. The van der Waals surface area contributed by atoms with E-state index >= 15 is 0 Å². The van der Waals surface area contributed by atoms with Crippen molar-refractivity contribution in [3.05, 3.63) is 75.3 Å². The first-order valence-electron chi connectivity index (χ1n) is 10.7. The molecule has 0 saturated carbocycles. The van der Waals surface area contributed by atoms with Crippen LogP contribution in [0.5, 0.6) is 0 Å². The number of carbonyl (C=O) groups excluding carboxylic acids is 2. The summed E-state index contributed by atoms with van der Waals surface area (Å²) in [6, 6.07) is 14.3. The largest absolute Gasteiger partial charge is 0.507 e. The average Bonchev–Trinajstić information content (AvgIpc) is 3.01. The van der Waals surface area contributed by atoms with E-state index in [4.69, 9.17) is 0 Å². The second kappa shape index (κ2) is 10.2. The van der Waals surface area contributed by atoms with Gasteiger partial charge in [0.1, 0.15) is 5.76 Å². The Labute approximate surface area is 192 Å². The molecule has 0 bridgehead atoms. The van der Waals surface area contributed by atoms with Crippen LogP contribution in [0.1, 0.15) is 43.0 Å². The van der Waals surface area contributed by atoms with Gasteiger partial charge < -0.3 is 14.9 Å². The summed E-state index contributed by atoms with van der Waals surface area (Å²) in [5.41, 5.74) is 2.53. The summed E-state index contributed by atoms with van der Waals surface area (Å²) < 4.78 is 0.856. The Morgan fingerprint density at radius 3 is 2.39 bits per heavy atom. The van der Waals surface area contributed by atoms with Crippen LogP contribution in [0.4, 0.5) is 0 Å². The smallest absolute Gasteiger partial charge is 0.295 e. The summed E-state index contributed by atoms with van der Waals surface area (Å²) in [4.78, 5) is 29.9. The molecule has 3 rings (SSSR count). The monoisotopic (exact) mass is 484 g/mol. The number of aliphatic hydroxyl groups is 1. The maximum atomic E-state index is 13.0. The number of benzene rings is 2. The molecule has 5 nitrogen and oxygen atoms in total. The quantitative estimate of drug-likeness (QED) is 0.328. The Kier molecular flexibility index (Phi) is 7.68. The second-order valence-corrected chi connectivity index (χ2v) is 8.71. The topological polar surface area (TPSA) is 60.9 Å². The van der Waals surface area contributed by atoms with E-state index in [1.54, 1.807) is 17.0 Å². The number of halogens is 1. The van der Waals surface area contributed by atoms with Gasteiger partial charge in [-0.05, 0) is 50.7 Å². The van der Waals surface area contributed by atoms with Gasteiger partial charge in [-0.1, -0.05) is 71.7 Å². The average molecular weight is 485 g/mol. The lowest BCUT2D eigenvalue weighted by molar-refractivity contribution is -0.140. The van der Waals surface area contributed by atoms with Gasteiger partial charge in [0, 0.05) is 16.6 Å². The lowest BCUT2D eigenvalue weighted by Gasteiger charge is -2.27. The van der Waals surface area contributed by atoms with Crippen molar-refractivity contribution in [3.8, 4) is 0 Å². The van der Waals surface area contributed by atoms with Crippen molar-refractivity contribution in [3.63, 3.8) is 0 Å². The predicted molar refractivity (Wildman–Crippen MR) is 127 cm³/mol. The van der Waals surface area contributed by atoms with Gasteiger partial charge in [-0.25, -0.2) is 0 Å². The molecular formula is C25H29BrN2O3. The number of aliphatic hydroxyl groups excluding tert-OH is 1. The molecule has 1 N–H and O–H groups in total. The molecule has 0 spiro atoms. The number of ketones is 1. The zero-order valence-corrected chi connectivity index (χ0v) is 19.9. The molecule has 1 saturated heterocycles. The van der Waals surface area contributed by atoms with Gasteiger partial charge in [-0.3, -0.25) is 9.59 Å². The molecule has 6 heteroatoms.